The van der Waals surface area contributed by atoms with Crippen molar-refractivity contribution in [1.82, 2.24) is 10.2 Å². The summed E-state index contributed by atoms with van der Waals surface area (Å²) in [6.07, 6.45) is 4.00. The van der Waals surface area contributed by atoms with E-state index < -0.39 is 9.84 Å². The molecule has 1 N–H and O–H groups in total. The molecule has 2 aliphatic rings. The van der Waals surface area contributed by atoms with Gasteiger partial charge in [0.05, 0.1) is 11.5 Å². The van der Waals surface area contributed by atoms with Crippen LogP contribution in [0.1, 0.15) is 32.3 Å². The lowest BCUT2D eigenvalue weighted by molar-refractivity contribution is 0.429. The van der Waals surface area contributed by atoms with Gasteiger partial charge in [0.2, 0.25) is 0 Å². The van der Waals surface area contributed by atoms with Gasteiger partial charge in [-0.3, -0.25) is 4.99 Å². The molecule has 7 heteroatoms. The summed E-state index contributed by atoms with van der Waals surface area (Å²) in [5, 5.41) is 3.45. The highest BCUT2D eigenvalue weighted by Gasteiger charge is 2.28. The minimum atomic E-state index is -2.84. The van der Waals surface area contributed by atoms with Gasteiger partial charge in [0.15, 0.2) is 15.8 Å². The number of halogens is 1. The van der Waals surface area contributed by atoms with Gasteiger partial charge in [0.25, 0.3) is 0 Å². The lowest BCUT2D eigenvalue weighted by Crippen LogP contribution is -2.46. The number of aliphatic imine (C=N–C) groups is 1. The van der Waals surface area contributed by atoms with Crippen molar-refractivity contribution in [1.29, 1.82) is 0 Å². The molecule has 150 valence electrons. The van der Waals surface area contributed by atoms with Crippen molar-refractivity contribution < 1.29 is 8.42 Å². The molecule has 0 aromatic heterocycles. The summed E-state index contributed by atoms with van der Waals surface area (Å²) in [5.74, 6) is 1.65. The zero-order chi connectivity index (χ0) is 18.6. The molecule has 1 unspecified atom stereocenters. The molecular formula is C20H30IN3O2S. The maximum absolute atomic E-state index is 11.7. The molecule has 1 fully saturated rings. The molecular weight excluding hydrogens is 473 g/mol. The normalized spacial score (nSPS) is 22.3. The van der Waals surface area contributed by atoms with E-state index in [1.165, 1.54) is 11.1 Å². The lowest BCUT2D eigenvalue weighted by Gasteiger charge is -2.31. The van der Waals surface area contributed by atoms with E-state index in [0.717, 1.165) is 31.9 Å². The largest absolute Gasteiger partial charge is 0.354 e. The van der Waals surface area contributed by atoms with Crippen LogP contribution in [0.2, 0.25) is 0 Å². The van der Waals surface area contributed by atoms with E-state index in [0.29, 0.717) is 18.3 Å². The second-order valence-electron chi connectivity index (χ2n) is 7.52. The Morgan fingerprint density at radius 2 is 2.04 bits per heavy atom. The van der Waals surface area contributed by atoms with Gasteiger partial charge in [-0.2, -0.15) is 0 Å². The van der Waals surface area contributed by atoms with Gasteiger partial charge in [0, 0.05) is 25.7 Å². The number of nitrogens with zero attached hydrogens (tertiary/aromatic N) is 2. The molecule has 1 aromatic carbocycles. The van der Waals surface area contributed by atoms with Gasteiger partial charge in [-0.25, -0.2) is 8.42 Å². The van der Waals surface area contributed by atoms with Crippen LogP contribution >= 0.6 is 24.0 Å². The predicted octanol–water partition coefficient (Wildman–Crippen LogP) is 3.18. The number of benzene rings is 1. The van der Waals surface area contributed by atoms with Crippen molar-refractivity contribution in [3.8, 4) is 0 Å². The minimum absolute atomic E-state index is 0. The molecule has 2 heterocycles. The third-order valence-corrected chi connectivity index (χ3v) is 6.73. The summed E-state index contributed by atoms with van der Waals surface area (Å²) >= 11 is 0. The highest BCUT2D eigenvalue weighted by Crippen LogP contribution is 2.22. The highest BCUT2D eigenvalue weighted by molar-refractivity contribution is 14.0. The molecule has 1 atom stereocenters. The van der Waals surface area contributed by atoms with Crippen LogP contribution in [0.5, 0.6) is 0 Å². The summed E-state index contributed by atoms with van der Waals surface area (Å²) < 4.78 is 23.3. The van der Waals surface area contributed by atoms with Crippen LogP contribution in [0.3, 0.4) is 0 Å². The number of sulfone groups is 1. The van der Waals surface area contributed by atoms with E-state index in [1.807, 2.05) is 6.07 Å². The highest BCUT2D eigenvalue weighted by atomic mass is 127. The first kappa shape index (κ1) is 22.2. The van der Waals surface area contributed by atoms with Crippen LogP contribution in [-0.4, -0.2) is 56.5 Å². The second kappa shape index (κ2) is 9.91. The van der Waals surface area contributed by atoms with Crippen molar-refractivity contribution >= 4 is 45.3 Å². The van der Waals surface area contributed by atoms with Crippen LogP contribution in [0.4, 0.5) is 0 Å². The van der Waals surface area contributed by atoms with Crippen molar-refractivity contribution in [3.05, 3.63) is 42.0 Å². The smallest absolute Gasteiger partial charge is 0.194 e. The van der Waals surface area contributed by atoms with Crippen LogP contribution in [0.25, 0.3) is 5.57 Å². The third kappa shape index (κ3) is 6.48. The Bertz CT molecular complexity index is 776. The van der Waals surface area contributed by atoms with E-state index in [2.05, 4.69) is 54.4 Å². The molecule has 0 amide bonds. The fourth-order valence-corrected chi connectivity index (χ4v) is 5.35. The number of guanidine groups is 1. The first-order valence-electron chi connectivity index (χ1n) is 9.44. The quantitative estimate of drug-likeness (QED) is 0.390. The first-order chi connectivity index (χ1) is 12.4. The summed E-state index contributed by atoms with van der Waals surface area (Å²) in [4.78, 5) is 7.03. The summed E-state index contributed by atoms with van der Waals surface area (Å²) in [7, 11) is -2.84. The monoisotopic (exact) mass is 503 g/mol. The van der Waals surface area contributed by atoms with E-state index in [1.54, 1.807) is 0 Å². The van der Waals surface area contributed by atoms with Crippen LogP contribution in [-0.2, 0) is 9.84 Å². The standard InChI is InChI=1S/C20H29N3O2S.HI/c1-16(2)22-20(21-14-17-10-13-26(24,25)15-17)23-11-8-19(9-12-23)18-6-4-3-5-7-18;/h3-8,16-17H,9-15H2,1-2H3,(H,21,22);1H. The Hall–Kier alpha value is -1.09. The number of hydrogen-bond donors (Lipinski definition) is 1. The molecule has 2 aliphatic heterocycles. The average molecular weight is 503 g/mol. The summed E-state index contributed by atoms with van der Waals surface area (Å²) in [5.41, 5.74) is 2.67. The summed E-state index contributed by atoms with van der Waals surface area (Å²) in [6.45, 7) is 6.53. The van der Waals surface area contributed by atoms with Crippen molar-refractivity contribution in [2.24, 2.45) is 10.9 Å². The molecule has 5 nitrogen and oxygen atoms in total. The van der Waals surface area contributed by atoms with E-state index >= 15 is 0 Å². The number of rotatable bonds is 4. The first-order valence-corrected chi connectivity index (χ1v) is 11.3. The number of nitrogens with one attached hydrogen (secondary N) is 1. The molecule has 3 rings (SSSR count). The van der Waals surface area contributed by atoms with Crippen molar-refractivity contribution in [3.63, 3.8) is 0 Å². The molecule has 0 bridgehead atoms. The SMILES string of the molecule is CC(C)NC(=NCC1CCS(=O)(=O)C1)N1CC=C(c2ccccc2)CC1.I. The lowest BCUT2D eigenvalue weighted by atomic mass is 10.00. The van der Waals surface area contributed by atoms with E-state index in [4.69, 9.17) is 4.99 Å². The number of hydrogen-bond acceptors (Lipinski definition) is 3. The maximum Gasteiger partial charge on any atom is 0.194 e. The predicted molar refractivity (Wildman–Crippen MR) is 123 cm³/mol. The van der Waals surface area contributed by atoms with Crippen LogP contribution < -0.4 is 5.32 Å². The molecule has 0 radical (unpaired) electrons. The van der Waals surface area contributed by atoms with Crippen LogP contribution in [0, 0.1) is 5.92 Å². The molecule has 0 saturated carbocycles. The van der Waals surface area contributed by atoms with Gasteiger partial charge >= 0.3 is 0 Å². The van der Waals surface area contributed by atoms with Crippen molar-refractivity contribution in [2.45, 2.75) is 32.7 Å². The molecule has 1 saturated heterocycles. The molecule has 1 aromatic rings. The van der Waals surface area contributed by atoms with E-state index in [9.17, 15) is 8.42 Å². The van der Waals surface area contributed by atoms with Gasteiger partial charge in [-0.1, -0.05) is 36.4 Å². The fraction of sp³-hybridized carbons (Fsp3) is 0.550. The Morgan fingerprint density at radius 1 is 1.30 bits per heavy atom. The molecule has 27 heavy (non-hydrogen) atoms. The fourth-order valence-electron chi connectivity index (χ4n) is 3.50. The van der Waals surface area contributed by atoms with Gasteiger partial charge in [-0.15, -0.1) is 24.0 Å². The molecule has 0 aliphatic carbocycles. The topological polar surface area (TPSA) is 61.8 Å². The van der Waals surface area contributed by atoms with Gasteiger partial charge < -0.3 is 10.2 Å². The Balaban J connectivity index is 0.00000261. The zero-order valence-corrected chi connectivity index (χ0v) is 19.2. The van der Waals surface area contributed by atoms with Crippen molar-refractivity contribution in [2.75, 3.05) is 31.1 Å². The average Bonchev–Trinajstić information content (AvgIpc) is 2.98. The van der Waals surface area contributed by atoms with Crippen LogP contribution in [0.15, 0.2) is 41.4 Å². The summed E-state index contributed by atoms with van der Waals surface area (Å²) in [6, 6.07) is 10.8. The van der Waals surface area contributed by atoms with Gasteiger partial charge in [-0.05, 0) is 43.7 Å². The second-order valence-corrected chi connectivity index (χ2v) is 9.75. The van der Waals surface area contributed by atoms with Gasteiger partial charge in [0.1, 0.15) is 0 Å². The maximum atomic E-state index is 11.7. The Morgan fingerprint density at radius 3 is 2.59 bits per heavy atom. The zero-order valence-electron chi connectivity index (χ0n) is 16.1. The Kier molecular flexibility index (Phi) is 8.15. The van der Waals surface area contributed by atoms with E-state index in [-0.39, 0.29) is 35.6 Å². The third-order valence-electron chi connectivity index (χ3n) is 4.90. The molecule has 0 spiro atoms. The Labute approximate surface area is 180 Å². The minimum Gasteiger partial charge on any atom is -0.354 e.